The number of methoxy groups -OCH3 is 1. The lowest BCUT2D eigenvalue weighted by Crippen LogP contribution is -2.11. The molecular weight excluding hydrogens is 384 g/mol. The third-order valence-corrected chi connectivity index (χ3v) is 5.46. The van der Waals surface area contributed by atoms with Crippen molar-refractivity contribution in [1.82, 2.24) is 0 Å². The SMILES string of the molecule is COc1c(C)cc(-c2cc(F)c(F)cc2-c2ccc(S(N)(=O)=O)cc2)cc1C. The molecule has 28 heavy (non-hydrogen) atoms. The number of sulfonamides is 1. The summed E-state index contributed by atoms with van der Waals surface area (Å²) >= 11 is 0. The Bertz CT molecular complexity index is 1130. The quantitative estimate of drug-likeness (QED) is 0.694. The van der Waals surface area contributed by atoms with Gasteiger partial charge >= 0.3 is 0 Å². The minimum absolute atomic E-state index is 0.0588. The molecule has 0 radical (unpaired) electrons. The number of benzene rings is 3. The van der Waals surface area contributed by atoms with Gasteiger partial charge in [0.05, 0.1) is 12.0 Å². The van der Waals surface area contributed by atoms with Gasteiger partial charge in [0.1, 0.15) is 5.75 Å². The van der Waals surface area contributed by atoms with E-state index in [0.717, 1.165) is 29.0 Å². The maximum Gasteiger partial charge on any atom is 0.238 e. The number of halogens is 2. The largest absolute Gasteiger partial charge is 0.496 e. The topological polar surface area (TPSA) is 69.4 Å². The van der Waals surface area contributed by atoms with Crippen LogP contribution in [0.3, 0.4) is 0 Å². The standard InChI is InChI=1S/C21H19F2NO3S/c1-12-8-15(9-13(2)21(12)27-3)18-11-20(23)19(22)10-17(18)14-4-6-16(7-5-14)28(24,25)26/h4-11H,1-3H3,(H2,24,25,26). The van der Waals surface area contributed by atoms with E-state index < -0.39 is 21.7 Å². The molecule has 0 aliphatic heterocycles. The first kappa shape index (κ1) is 20.0. The van der Waals surface area contributed by atoms with Crippen molar-refractivity contribution in [3.8, 4) is 28.0 Å². The average molecular weight is 403 g/mol. The van der Waals surface area contributed by atoms with Crippen molar-refractivity contribution in [2.75, 3.05) is 7.11 Å². The minimum Gasteiger partial charge on any atom is -0.496 e. The van der Waals surface area contributed by atoms with Gasteiger partial charge in [0.2, 0.25) is 10.0 Å². The minimum atomic E-state index is -3.85. The van der Waals surface area contributed by atoms with Gasteiger partial charge in [-0.15, -0.1) is 0 Å². The van der Waals surface area contributed by atoms with Crippen molar-refractivity contribution >= 4 is 10.0 Å². The highest BCUT2D eigenvalue weighted by atomic mass is 32.2. The highest BCUT2D eigenvalue weighted by molar-refractivity contribution is 7.89. The van der Waals surface area contributed by atoms with E-state index in [2.05, 4.69) is 0 Å². The van der Waals surface area contributed by atoms with Gasteiger partial charge in [-0.2, -0.15) is 0 Å². The van der Waals surface area contributed by atoms with Crippen LogP contribution < -0.4 is 9.88 Å². The molecule has 0 unspecified atom stereocenters. The summed E-state index contributed by atoms with van der Waals surface area (Å²) in [6.07, 6.45) is 0. The molecular formula is C21H19F2NO3S. The van der Waals surface area contributed by atoms with Gasteiger partial charge in [0, 0.05) is 0 Å². The fraction of sp³-hybridized carbons (Fsp3) is 0.143. The Labute approximate surface area is 162 Å². The van der Waals surface area contributed by atoms with E-state index in [9.17, 15) is 17.2 Å². The molecule has 3 aromatic rings. The second kappa shape index (κ2) is 7.33. The second-order valence-corrected chi connectivity index (χ2v) is 8.09. The summed E-state index contributed by atoms with van der Waals surface area (Å²) in [5, 5.41) is 5.12. The Balaban J connectivity index is 2.23. The van der Waals surface area contributed by atoms with Crippen LogP contribution in [0.5, 0.6) is 5.75 Å². The van der Waals surface area contributed by atoms with Crippen molar-refractivity contribution < 1.29 is 21.9 Å². The smallest absolute Gasteiger partial charge is 0.238 e. The van der Waals surface area contributed by atoms with Crippen LogP contribution in [0.4, 0.5) is 8.78 Å². The lowest BCUT2D eigenvalue weighted by Gasteiger charge is -2.15. The van der Waals surface area contributed by atoms with Gasteiger partial charge < -0.3 is 4.74 Å². The molecule has 0 saturated carbocycles. The first-order valence-corrected chi connectivity index (χ1v) is 9.94. The third kappa shape index (κ3) is 3.76. The van der Waals surface area contributed by atoms with Gasteiger partial charge in [-0.25, -0.2) is 22.3 Å². The zero-order valence-corrected chi connectivity index (χ0v) is 16.4. The first-order chi connectivity index (χ1) is 13.1. The Kier molecular flexibility index (Phi) is 5.23. The lowest BCUT2D eigenvalue weighted by molar-refractivity contribution is 0.408. The Morgan fingerprint density at radius 2 is 1.29 bits per heavy atom. The number of hydrogen-bond acceptors (Lipinski definition) is 3. The molecule has 2 N–H and O–H groups in total. The first-order valence-electron chi connectivity index (χ1n) is 8.39. The Hall–Kier alpha value is -2.77. The van der Waals surface area contributed by atoms with Gasteiger partial charge in [0.25, 0.3) is 0 Å². The molecule has 0 heterocycles. The molecule has 4 nitrogen and oxygen atoms in total. The maximum absolute atomic E-state index is 14.0. The van der Waals surface area contributed by atoms with Crippen LogP contribution in [0.25, 0.3) is 22.3 Å². The molecule has 0 aliphatic carbocycles. The summed E-state index contributed by atoms with van der Waals surface area (Å²) in [6, 6.07) is 11.6. The van der Waals surface area contributed by atoms with Crippen LogP contribution in [-0.4, -0.2) is 15.5 Å². The molecule has 0 fully saturated rings. The van der Waals surface area contributed by atoms with E-state index in [0.29, 0.717) is 22.3 Å². The van der Waals surface area contributed by atoms with Crippen molar-refractivity contribution in [2.45, 2.75) is 18.7 Å². The summed E-state index contributed by atoms with van der Waals surface area (Å²) in [4.78, 5) is -0.0588. The highest BCUT2D eigenvalue weighted by Gasteiger charge is 2.16. The van der Waals surface area contributed by atoms with E-state index >= 15 is 0 Å². The molecule has 7 heteroatoms. The number of primary sulfonamides is 1. The van der Waals surface area contributed by atoms with E-state index in [1.54, 1.807) is 7.11 Å². The van der Waals surface area contributed by atoms with Gasteiger partial charge in [0.15, 0.2) is 11.6 Å². The molecule has 3 aromatic carbocycles. The molecule has 3 rings (SSSR count). The molecule has 0 spiro atoms. The Morgan fingerprint density at radius 3 is 1.71 bits per heavy atom. The molecule has 0 amide bonds. The summed E-state index contributed by atoms with van der Waals surface area (Å²) in [6.45, 7) is 3.74. The van der Waals surface area contributed by atoms with Crippen LogP contribution in [0, 0.1) is 25.5 Å². The van der Waals surface area contributed by atoms with Crippen LogP contribution >= 0.6 is 0 Å². The Morgan fingerprint density at radius 1 is 0.821 bits per heavy atom. The van der Waals surface area contributed by atoms with E-state index in [-0.39, 0.29) is 4.90 Å². The number of ether oxygens (including phenoxy) is 1. The molecule has 0 bridgehead atoms. The van der Waals surface area contributed by atoms with E-state index in [1.165, 1.54) is 24.3 Å². The van der Waals surface area contributed by atoms with Crippen LogP contribution in [0.15, 0.2) is 53.4 Å². The summed E-state index contributed by atoms with van der Waals surface area (Å²) < 4.78 is 56.3. The monoisotopic (exact) mass is 403 g/mol. The van der Waals surface area contributed by atoms with Crippen molar-refractivity contribution in [3.05, 3.63) is 71.3 Å². The summed E-state index contributed by atoms with van der Waals surface area (Å²) in [5.41, 5.74) is 3.86. The number of rotatable bonds is 4. The second-order valence-electron chi connectivity index (χ2n) is 6.52. The van der Waals surface area contributed by atoms with Crippen molar-refractivity contribution in [1.29, 1.82) is 0 Å². The molecule has 0 aromatic heterocycles. The van der Waals surface area contributed by atoms with Crippen molar-refractivity contribution in [2.24, 2.45) is 5.14 Å². The van der Waals surface area contributed by atoms with E-state index in [1.807, 2.05) is 26.0 Å². The fourth-order valence-corrected chi connectivity index (χ4v) is 3.79. The average Bonchev–Trinajstić information content (AvgIpc) is 2.62. The molecule has 146 valence electrons. The zero-order valence-electron chi connectivity index (χ0n) is 15.6. The summed E-state index contributed by atoms with van der Waals surface area (Å²) in [7, 11) is -2.27. The lowest BCUT2D eigenvalue weighted by atomic mass is 9.92. The van der Waals surface area contributed by atoms with Gasteiger partial charge in [-0.05, 0) is 83.6 Å². The summed E-state index contributed by atoms with van der Waals surface area (Å²) in [5.74, 6) is -1.23. The maximum atomic E-state index is 14.0. The molecule has 0 atom stereocenters. The third-order valence-electron chi connectivity index (χ3n) is 4.53. The molecule has 0 aliphatic rings. The predicted octanol–water partition coefficient (Wildman–Crippen LogP) is 4.57. The van der Waals surface area contributed by atoms with E-state index in [4.69, 9.17) is 9.88 Å². The normalized spacial score (nSPS) is 11.5. The predicted molar refractivity (Wildman–Crippen MR) is 105 cm³/mol. The number of hydrogen-bond donors (Lipinski definition) is 1. The van der Waals surface area contributed by atoms with Crippen LogP contribution in [0.1, 0.15) is 11.1 Å². The van der Waals surface area contributed by atoms with Gasteiger partial charge in [-0.3, -0.25) is 0 Å². The number of nitrogens with two attached hydrogens (primary N) is 1. The van der Waals surface area contributed by atoms with Crippen LogP contribution in [-0.2, 0) is 10.0 Å². The van der Waals surface area contributed by atoms with Crippen LogP contribution in [0.2, 0.25) is 0 Å². The molecule has 0 saturated heterocycles. The highest BCUT2D eigenvalue weighted by Crippen LogP contribution is 2.37. The van der Waals surface area contributed by atoms with Gasteiger partial charge in [-0.1, -0.05) is 12.1 Å². The zero-order chi connectivity index (χ0) is 20.6. The van der Waals surface area contributed by atoms with Crippen molar-refractivity contribution in [3.63, 3.8) is 0 Å². The fourth-order valence-electron chi connectivity index (χ4n) is 3.28. The number of aryl methyl sites for hydroxylation is 2.